The number of fused-ring (bicyclic) bond motifs is 1. The van der Waals surface area contributed by atoms with Crippen LogP contribution < -0.4 is 0 Å². The molecule has 0 aliphatic heterocycles. The zero-order chi connectivity index (χ0) is 9.42. The molecule has 0 spiro atoms. The molecule has 0 fully saturated rings. The van der Waals surface area contributed by atoms with E-state index >= 15 is 0 Å². The van der Waals surface area contributed by atoms with E-state index in [1.54, 1.807) is 0 Å². The first kappa shape index (κ1) is 9.04. The van der Waals surface area contributed by atoms with E-state index in [1.165, 1.54) is 20.5 Å². The van der Waals surface area contributed by atoms with E-state index in [1.807, 2.05) is 23.5 Å². The van der Waals surface area contributed by atoms with Crippen LogP contribution in [-0.4, -0.2) is 0 Å². The summed E-state index contributed by atoms with van der Waals surface area (Å²) in [4.78, 5) is 1.45. The third kappa shape index (κ3) is 1.36. The molecule has 1 heterocycles. The maximum Gasteiger partial charge on any atom is 0.0584 e. The van der Waals surface area contributed by atoms with Crippen molar-refractivity contribution in [2.24, 2.45) is 0 Å². The van der Waals surface area contributed by atoms with Crippen molar-refractivity contribution >= 4 is 33.0 Å². The van der Waals surface area contributed by atoms with Gasteiger partial charge in [0.15, 0.2) is 0 Å². The predicted molar refractivity (Wildman–Crippen MR) is 61.0 cm³/mol. The van der Waals surface area contributed by atoms with Crippen molar-refractivity contribution < 1.29 is 0 Å². The lowest BCUT2D eigenvalue weighted by molar-refractivity contribution is 1.16. The van der Waals surface area contributed by atoms with Crippen molar-refractivity contribution in [2.75, 3.05) is 0 Å². The van der Waals surface area contributed by atoms with Crippen molar-refractivity contribution in [1.29, 1.82) is 0 Å². The van der Waals surface area contributed by atoms with Crippen LogP contribution in [0.5, 0.6) is 0 Å². The summed E-state index contributed by atoms with van der Waals surface area (Å²) in [7, 11) is 0. The van der Waals surface area contributed by atoms with Gasteiger partial charge in [-0.1, -0.05) is 30.7 Å². The highest BCUT2D eigenvalue weighted by Crippen LogP contribution is 2.35. The molecule has 0 radical (unpaired) electrons. The molecule has 2 rings (SSSR count). The quantitative estimate of drug-likeness (QED) is 0.654. The molecule has 0 saturated heterocycles. The van der Waals surface area contributed by atoms with Crippen LogP contribution in [0.25, 0.3) is 10.1 Å². The minimum atomic E-state index is 0.880. The van der Waals surface area contributed by atoms with E-state index in [4.69, 9.17) is 11.6 Å². The molecule has 0 bridgehead atoms. The molecule has 0 aliphatic rings. The highest BCUT2D eigenvalue weighted by molar-refractivity contribution is 7.20. The minimum absolute atomic E-state index is 0.880. The third-order valence-electron chi connectivity index (χ3n) is 2.34. The van der Waals surface area contributed by atoms with Crippen LogP contribution in [0.2, 0.25) is 5.02 Å². The fourth-order valence-electron chi connectivity index (χ4n) is 1.60. The van der Waals surface area contributed by atoms with Gasteiger partial charge in [-0.3, -0.25) is 0 Å². The zero-order valence-electron chi connectivity index (χ0n) is 7.73. The van der Waals surface area contributed by atoms with Gasteiger partial charge in [-0.2, -0.15) is 0 Å². The molecule has 68 valence electrons. The van der Waals surface area contributed by atoms with Crippen LogP contribution in [0.3, 0.4) is 0 Å². The Kier molecular flexibility index (Phi) is 2.31. The molecule has 0 amide bonds. The van der Waals surface area contributed by atoms with Crippen LogP contribution in [0.15, 0.2) is 18.2 Å². The molecule has 0 unspecified atom stereocenters. The van der Waals surface area contributed by atoms with E-state index in [-0.39, 0.29) is 0 Å². The summed E-state index contributed by atoms with van der Waals surface area (Å²) >= 11 is 7.93. The number of hydrogen-bond acceptors (Lipinski definition) is 1. The number of hydrogen-bond donors (Lipinski definition) is 0. The van der Waals surface area contributed by atoms with Gasteiger partial charge in [0.05, 0.1) is 9.72 Å². The molecule has 0 atom stereocenters. The first-order valence-electron chi connectivity index (χ1n) is 4.40. The van der Waals surface area contributed by atoms with Crippen LogP contribution >= 0.6 is 22.9 Å². The van der Waals surface area contributed by atoms with Gasteiger partial charge >= 0.3 is 0 Å². The van der Waals surface area contributed by atoms with Crippen LogP contribution in [0, 0.1) is 6.92 Å². The average molecular weight is 211 g/mol. The lowest BCUT2D eigenvalue weighted by atomic mass is 10.1. The van der Waals surface area contributed by atoms with Crippen molar-refractivity contribution in [3.63, 3.8) is 0 Å². The Morgan fingerprint density at radius 2 is 2.15 bits per heavy atom. The van der Waals surface area contributed by atoms with Gasteiger partial charge in [-0.25, -0.2) is 0 Å². The van der Waals surface area contributed by atoms with Gasteiger partial charge in [0, 0.05) is 4.88 Å². The fraction of sp³-hybridized carbons (Fsp3) is 0.273. The lowest BCUT2D eigenvalue weighted by Gasteiger charge is -1.93. The Morgan fingerprint density at radius 1 is 1.38 bits per heavy atom. The second-order valence-corrected chi connectivity index (χ2v) is 4.63. The summed E-state index contributed by atoms with van der Waals surface area (Å²) in [5.74, 6) is 0. The van der Waals surface area contributed by atoms with Gasteiger partial charge in [0.1, 0.15) is 0 Å². The summed E-state index contributed by atoms with van der Waals surface area (Å²) < 4.78 is 1.23. The predicted octanol–water partition coefficient (Wildman–Crippen LogP) is 4.43. The molecule has 0 nitrogen and oxygen atoms in total. The maximum atomic E-state index is 6.11. The Hall–Kier alpha value is -0.530. The Bertz CT molecular complexity index is 443. The number of thiophene rings is 1. The number of benzene rings is 1. The van der Waals surface area contributed by atoms with Crippen molar-refractivity contribution in [3.05, 3.63) is 33.7 Å². The second kappa shape index (κ2) is 3.32. The normalized spacial score (nSPS) is 11.0. The van der Waals surface area contributed by atoms with Gasteiger partial charge in [-0.05, 0) is 30.4 Å². The Balaban J connectivity index is 2.83. The second-order valence-electron chi connectivity index (χ2n) is 3.12. The molecule has 13 heavy (non-hydrogen) atoms. The van der Waals surface area contributed by atoms with Crippen LogP contribution in [-0.2, 0) is 6.42 Å². The van der Waals surface area contributed by atoms with E-state index in [0.717, 1.165) is 11.4 Å². The minimum Gasteiger partial charge on any atom is -0.138 e. The zero-order valence-corrected chi connectivity index (χ0v) is 9.30. The van der Waals surface area contributed by atoms with Crippen molar-refractivity contribution in [2.45, 2.75) is 20.3 Å². The standard InChI is InChI=1S/C11H11ClS/c1-3-10-7(2)8-5-4-6-9(12)11(8)13-10/h4-6H,3H2,1-2H3. The molecule has 0 saturated carbocycles. The lowest BCUT2D eigenvalue weighted by Crippen LogP contribution is -1.75. The molecular weight excluding hydrogens is 200 g/mol. The van der Waals surface area contributed by atoms with E-state index < -0.39 is 0 Å². The van der Waals surface area contributed by atoms with E-state index in [9.17, 15) is 0 Å². The summed E-state index contributed by atoms with van der Waals surface area (Å²) in [6.07, 6.45) is 1.10. The molecule has 0 aliphatic carbocycles. The van der Waals surface area contributed by atoms with Gasteiger partial charge in [-0.15, -0.1) is 11.3 Å². The molecular formula is C11H11ClS. The molecule has 2 aromatic rings. The highest BCUT2D eigenvalue weighted by Gasteiger charge is 2.08. The SMILES string of the molecule is CCc1sc2c(Cl)cccc2c1C. The largest absolute Gasteiger partial charge is 0.138 e. The van der Waals surface area contributed by atoms with E-state index in [0.29, 0.717) is 0 Å². The molecule has 0 N–H and O–H groups in total. The third-order valence-corrected chi connectivity index (χ3v) is 4.25. The molecule has 1 aromatic heterocycles. The Labute approximate surface area is 87.2 Å². The first-order chi connectivity index (χ1) is 6.24. The fourth-order valence-corrected chi connectivity index (χ4v) is 3.04. The molecule has 2 heteroatoms. The smallest absolute Gasteiger partial charge is 0.0584 e. The van der Waals surface area contributed by atoms with Crippen LogP contribution in [0.1, 0.15) is 17.4 Å². The summed E-state index contributed by atoms with van der Waals surface area (Å²) in [6, 6.07) is 6.12. The van der Waals surface area contributed by atoms with Crippen molar-refractivity contribution in [3.8, 4) is 0 Å². The van der Waals surface area contributed by atoms with Crippen molar-refractivity contribution in [1.82, 2.24) is 0 Å². The highest BCUT2D eigenvalue weighted by atomic mass is 35.5. The Morgan fingerprint density at radius 3 is 2.77 bits per heavy atom. The van der Waals surface area contributed by atoms with Gasteiger partial charge < -0.3 is 0 Å². The van der Waals surface area contributed by atoms with Gasteiger partial charge in [0.25, 0.3) is 0 Å². The van der Waals surface area contributed by atoms with Crippen LogP contribution in [0.4, 0.5) is 0 Å². The average Bonchev–Trinajstić information content (AvgIpc) is 2.45. The topological polar surface area (TPSA) is 0 Å². The maximum absolute atomic E-state index is 6.11. The van der Waals surface area contributed by atoms with Gasteiger partial charge in [0.2, 0.25) is 0 Å². The first-order valence-corrected chi connectivity index (χ1v) is 5.60. The number of rotatable bonds is 1. The summed E-state index contributed by atoms with van der Waals surface area (Å²) in [6.45, 7) is 4.36. The number of aryl methyl sites for hydroxylation is 2. The monoisotopic (exact) mass is 210 g/mol. The summed E-state index contributed by atoms with van der Waals surface area (Å²) in [5, 5.41) is 2.19. The summed E-state index contributed by atoms with van der Waals surface area (Å²) in [5.41, 5.74) is 1.39. The van der Waals surface area contributed by atoms with E-state index in [2.05, 4.69) is 19.9 Å². The number of halogens is 1. The molecule has 1 aromatic carbocycles.